The molecule has 0 saturated heterocycles. The van der Waals surface area contributed by atoms with Crippen LogP contribution in [0, 0.1) is 6.92 Å². The van der Waals surface area contributed by atoms with Crippen LogP contribution in [0.1, 0.15) is 54.2 Å². The number of alkyl halides is 3. The number of carbonyl (C=O) groups excluding carboxylic acids is 3. The Morgan fingerprint density at radius 1 is 1.08 bits per heavy atom. The van der Waals surface area contributed by atoms with E-state index in [9.17, 15) is 27.6 Å². The fourth-order valence-corrected chi connectivity index (χ4v) is 4.09. The number of amides is 2. The number of nitrogens with zero attached hydrogens (tertiary/aromatic N) is 1. The van der Waals surface area contributed by atoms with E-state index < -0.39 is 23.2 Å². The van der Waals surface area contributed by atoms with E-state index in [2.05, 4.69) is 5.32 Å². The smallest absolute Gasteiger partial charge is 0.416 e. The first-order valence-corrected chi connectivity index (χ1v) is 12.0. The monoisotopic (exact) mass is 516 g/mol. The summed E-state index contributed by atoms with van der Waals surface area (Å²) in [7, 11) is 0. The molecule has 0 saturated carbocycles. The van der Waals surface area contributed by atoms with Gasteiger partial charge in [0, 0.05) is 19.2 Å². The first-order chi connectivity index (χ1) is 17.2. The Balaban J connectivity index is 1.53. The van der Waals surface area contributed by atoms with Crippen LogP contribution in [0.25, 0.3) is 6.08 Å². The maximum atomic E-state index is 12.7. The van der Waals surface area contributed by atoms with Gasteiger partial charge >= 0.3 is 12.1 Å². The molecule has 0 radical (unpaired) electrons. The van der Waals surface area contributed by atoms with E-state index in [0.717, 1.165) is 34.4 Å². The summed E-state index contributed by atoms with van der Waals surface area (Å²) in [6, 6.07) is 8.34. The van der Waals surface area contributed by atoms with Crippen LogP contribution in [0.5, 0.6) is 0 Å². The van der Waals surface area contributed by atoms with Crippen molar-refractivity contribution in [3.63, 3.8) is 0 Å². The average Bonchev–Trinajstić information content (AvgIpc) is 2.79. The van der Waals surface area contributed by atoms with Crippen molar-refractivity contribution in [2.45, 2.75) is 58.9 Å². The fraction of sp³-hybridized carbons (Fsp3) is 0.393. The lowest BCUT2D eigenvalue weighted by Crippen LogP contribution is -2.42. The van der Waals surface area contributed by atoms with E-state index in [1.807, 2.05) is 39.8 Å². The number of aryl methyl sites for hydroxylation is 1. The third-order valence-electron chi connectivity index (χ3n) is 5.83. The Labute approximate surface area is 214 Å². The van der Waals surface area contributed by atoms with Crippen LogP contribution in [0.2, 0.25) is 0 Å². The summed E-state index contributed by atoms with van der Waals surface area (Å²) in [5.74, 6) is -1.05. The molecule has 0 fully saturated rings. The van der Waals surface area contributed by atoms with Crippen LogP contribution in [0.3, 0.4) is 0 Å². The first-order valence-electron chi connectivity index (χ1n) is 12.0. The van der Waals surface area contributed by atoms with Gasteiger partial charge in [0.25, 0.3) is 0 Å². The van der Waals surface area contributed by atoms with Gasteiger partial charge in [-0.2, -0.15) is 13.2 Å². The van der Waals surface area contributed by atoms with Crippen molar-refractivity contribution in [1.82, 2.24) is 10.2 Å². The van der Waals surface area contributed by atoms with Gasteiger partial charge < -0.3 is 15.0 Å². The van der Waals surface area contributed by atoms with E-state index in [-0.39, 0.29) is 24.8 Å². The number of benzene rings is 2. The average molecular weight is 517 g/mol. The predicted molar refractivity (Wildman–Crippen MR) is 133 cm³/mol. The third-order valence-corrected chi connectivity index (χ3v) is 5.83. The van der Waals surface area contributed by atoms with Crippen molar-refractivity contribution in [2.75, 3.05) is 13.1 Å². The number of rotatable bonds is 6. The van der Waals surface area contributed by atoms with Crippen molar-refractivity contribution >= 4 is 23.9 Å². The van der Waals surface area contributed by atoms with Gasteiger partial charge in [0.2, 0.25) is 11.8 Å². The third kappa shape index (κ3) is 8.20. The van der Waals surface area contributed by atoms with Gasteiger partial charge in [-0.05, 0) is 80.1 Å². The number of hydrogen-bond donors (Lipinski definition) is 1. The van der Waals surface area contributed by atoms with Crippen molar-refractivity contribution in [1.29, 1.82) is 0 Å². The molecule has 0 atom stereocenters. The molecule has 2 amide bonds. The van der Waals surface area contributed by atoms with E-state index in [4.69, 9.17) is 4.74 Å². The Kier molecular flexibility index (Phi) is 8.46. The van der Waals surface area contributed by atoms with Gasteiger partial charge in [0.1, 0.15) is 5.60 Å². The molecule has 0 aliphatic carbocycles. The molecule has 0 aromatic heterocycles. The maximum absolute atomic E-state index is 12.7. The zero-order valence-corrected chi connectivity index (χ0v) is 21.4. The van der Waals surface area contributed by atoms with Gasteiger partial charge in [-0.1, -0.05) is 24.3 Å². The Bertz CT molecular complexity index is 1200. The van der Waals surface area contributed by atoms with E-state index >= 15 is 0 Å². The second-order valence-corrected chi connectivity index (χ2v) is 10.0. The molecule has 1 N–H and O–H groups in total. The zero-order valence-electron chi connectivity index (χ0n) is 21.4. The standard InChI is InChI=1S/C28H31F3N2O4/c1-18-13-20(15-26(36)37-27(2,3)4)14-21-11-12-33(17-23(18)21)25(35)16-32-24(34)10-7-19-5-8-22(9-6-19)28(29,30)31/h5-10,13-14H,11-12,15-17H2,1-4H3,(H,32,34)/b10-7+. The van der Waals surface area contributed by atoms with Crippen LogP contribution < -0.4 is 5.32 Å². The number of carbonyl (C=O) groups is 3. The lowest BCUT2D eigenvalue weighted by molar-refractivity contribution is -0.154. The van der Waals surface area contributed by atoms with Crippen molar-refractivity contribution in [2.24, 2.45) is 0 Å². The minimum absolute atomic E-state index is 0.181. The number of halogens is 3. The summed E-state index contributed by atoms with van der Waals surface area (Å²) < 4.78 is 43.3. The minimum atomic E-state index is -4.42. The topological polar surface area (TPSA) is 75.7 Å². The predicted octanol–water partition coefficient (Wildman–Crippen LogP) is 4.61. The highest BCUT2D eigenvalue weighted by atomic mass is 19.4. The summed E-state index contributed by atoms with van der Waals surface area (Å²) >= 11 is 0. The molecule has 2 aromatic rings. The van der Waals surface area contributed by atoms with Gasteiger partial charge in [0.05, 0.1) is 18.5 Å². The summed E-state index contributed by atoms with van der Waals surface area (Å²) in [5, 5.41) is 2.53. The Morgan fingerprint density at radius 2 is 1.76 bits per heavy atom. The fourth-order valence-electron chi connectivity index (χ4n) is 4.09. The summed E-state index contributed by atoms with van der Waals surface area (Å²) in [6.45, 7) is 8.12. The largest absolute Gasteiger partial charge is 0.460 e. The van der Waals surface area contributed by atoms with E-state index in [1.54, 1.807) is 4.90 Å². The van der Waals surface area contributed by atoms with Gasteiger partial charge in [0.15, 0.2) is 0 Å². The molecule has 1 aliphatic rings. The van der Waals surface area contributed by atoms with Crippen LogP contribution in [0.15, 0.2) is 42.5 Å². The summed E-state index contributed by atoms with van der Waals surface area (Å²) in [6.07, 6.45) is -1.05. The van der Waals surface area contributed by atoms with Crippen molar-refractivity contribution in [3.05, 3.63) is 75.9 Å². The van der Waals surface area contributed by atoms with Crippen LogP contribution in [0.4, 0.5) is 13.2 Å². The molecular weight excluding hydrogens is 485 g/mol. The maximum Gasteiger partial charge on any atom is 0.416 e. The molecule has 2 aromatic carbocycles. The minimum Gasteiger partial charge on any atom is -0.460 e. The lowest BCUT2D eigenvalue weighted by Gasteiger charge is -2.30. The van der Waals surface area contributed by atoms with Crippen molar-refractivity contribution < 1.29 is 32.3 Å². The molecule has 1 heterocycles. The van der Waals surface area contributed by atoms with Crippen LogP contribution >= 0.6 is 0 Å². The van der Waals surface area contributed by atoms with Gasteiger partial charge in [-0.25, -0.2) is 0 Å². The second kappa shape index (κ2) is 11.2. The number of esters is 1. The normalized spacial score (nSPS) is 13.9. The zero-order chi connectivity index (χ0) is 27.4. The molecule has 37 heavy (non-hydrogen) atoms. The summed E-state index contributed by atoms with van der Waals surface area (Å²) in [5.41, 5.74) is 3.09. The van der Waals surface area contributed by atoms with E-state index in [1.165, 1.54) is 24.3 Å². The number of nitrogens with one attached hydrogen (secondary N) is 1. The molecular formula is C28H31F3N2O4. The molecule has 198 valence electrons. The highest BCUT2D eigenvalue weighted by Crippen LogP contribution is 2.29. The highest BCUT2D eigenvalue weighted by molar-refractivity contribution is 5.94. The molecule has 3 rings (SSSR count). The van der Waals surface area contributed by atoms with Crippen molar-refractivity contribution in [3.8, 4) is 0 Å². The quantitative estimate of drug-likeness (QED) is 0.450. The Hall–Kier alpha value is -3.62. The molecule has 0 bridgehead atoms. The number of hydrogen-bond acceptors (Lipinski definition) is 4. The lowest BCUT2D eigenvalue weighted by atomic mass is 9.92. The highest BCUT2D eigenvalue weighted by Gasteiger charge is 2.30. The molecule has 9 heteroatoms. The number of ether oxygens (including phenoxy) is 1. The van der Waals surface area contributed by atoms with E-state index in [0.29, 0.717) is 25.1 Å². The van der Waals surface area contributed by atoms with Gasteiger partial charge in [-0.3, -0.25) is 14.4 Å². The van der Waals surface area contributed by atoms with Crippen LogP contribution in [-0.2, 0) is 44.7 Å². The molecule has 0 unspecified atom stereocenters. The molecule has 1 aliphatic heterocycles. The number of fused-ring (bicyclic) bond motifs is 1. The molecule has 6 nitrogen and oxygen atoms in total. The second-order valence-electron chi connectivity index (χ2n) is 10.0. The SMILES string of the molecule is Cc1cc(CC(=O)OC(C)(C)C)cc2c1CN(C(=O)CNC(=O)/C=C/c1ccc(C(F)(F)F)cc1)CC2. The first kappa shape index (κ1) is 28.0. The van der Waals surface area contributed by atoms with Gasteiger partial charge in [-0.15, -0.1) is 0 Å². The molecule has 0 spiro atoms. The van der Waals surface area contributed by atoms with Crippen LogP contribution in [-0.4, -0.2) is 41.4 Å². The Morgan fingerprint density at radius 3 is 2.38 bits per heavy atom. The summed E-state index contributed by atoms with van der Waals surface area (Å²) in [4.78, 5) is 38.7.